The van der Waals surface area contributed by atoms with Gasteiger partial charge in [0, 0.05) is 37.6 Å². The molecule has 1 aromatic heterocycles. The van der Waals surface area contributed by atoms with E-state index in [1.807, 2.05) is 18.5 Å². The Balaban J connectivity index is 1.46. The molecular formula is C20H32N4O2. The van der Waals surface area contributed by atoms with Gasteiger partial charge in [-0.25, -0.2) is 0 Å². The molecule has 3 rings (SSSR count). The van der Waals surface area contributed by atoms with Crippen molar-refractivity contribution in [3.8, 4) is 0 Å². The molecule has 6 heteroatoms. The summed E-state index contributed by atoms with van der Waals surface area (Å²) < 4.78 is 1.82. The number of piperidine rings is 2. The number of hydrogen-bond donors (Lipinski definition) is 1. The van der Waals surface area contributed by atoms with Crippen LogP contribution in [0.3, 0.4) is 0 Å². The van der Waals surface area contributed by atoms with Crippen molar-refractivity contribution in [2.75, 3.05) is 39.8 Å². The highest BCUT2D eigenvalue weighted by Gasteiger charge is 2.27. The van der Waals surface area contributed by atoms with E-state index >= 15 is 0 Å². The first-order chi connectivity index (χ1) is 12.4. The minimum absolute atomic E-state index is 0.199. The molecule has 0 saturated carbocycles. The van der Waals surface area contributed by atoms with Crippen molar-refractivity contribution >= 4 is 5.91 Å². The van der Waals surface area contributed by atoms with E-state index in [1.54, 1.807) is 6.20 Å². The molecule has 2 fully saturated rings. The minimum atomic E-state index is -0.247. The molecule has 144 valence electrons. The van der Waals surface area contributed by atoms with Crippen LogP contribution < -0.4 is 10.7 Å². The number of carbonyl (C=O) groups is 1. The molecule has 1 amide bonds. The van der Waals surface area contributed by atoms with Gasteiger partial charge in [0.1, 0.15) is 5.56 Å². The molecule has 0 aliphatic carbocycles. The second-order valence-electron chi connectivity index (χ2n) is 8.03. The van der Waals surface area contributed by atoms with E-state index in [0.717, 1.165) is 37.7 Å². The molecule has 0 radical (unpaired) electrons. The van der Waals surface area contributed by atoms with E-state index in [1.165, 1.54) is 32.0 Å². The summed E-state index contributed by atoms with van der Waals surface area (Å²) >= 11 is 0. The smallest absolute Gasteiger partial charge is 0.256 e. The fourth-order valence-corrected chi connectivity index (χ4v) is 4.11. The summed E-state index contributed by atoms with van der Waals surface area (Å²) in [7, 11) is 4.05. The molecule has 0 bridgehead atoms. The van der Waals surface area contributed by atoms with Crippen LogP contribution in [0.25, 0.3) is 0 Å². The summed E-state index contributed by atoms with van der Waals surface area (Å²) in [5.41, 5.74) is 0.893. The Kier molecular flexibility index (Phi) is 6.14. The summed E-state index contributed by atoms with van der Waals surface area (Å²) in [6.45, 7) is 7.18. The zero-order chi connectivity index (χ0) is 18.7. The number of nitrogens with zero attached hydrogens (tertiary/aromatic N) is 3. The van der Waals surface area contributed by atoms with Crippen LogP contribution in [0.4, 0.5) is 0 Å². The molecule has 3 heterocycles. The van der Waals surface area contributed by atoms with Gasteiger partial charge in [-0.05, 0) is 71.8 Å². The average Bonchev–Trinajstić information content (AvgIpc) is 2.64. The number of likely N-dealkylation sites (tertiary alicyclic amines) is 2. The SMILES string of the molecule is Cc1cc(=O)c(C(=O)NCC2CCN(C3CCN(C)CC3)CC2)cn1C. The molecule has 2 aliphatic heterocycles. The fraction of sp³-hybridized carbons (Fsp3) is 0.700. The topological polar surface area (TPSA) is 57.6 Å². The largest absolute Gasteiger partial charge is 0.354 e. The van der Waals surface area contributed by atoms with Crippen molar-refractivity contribution in [1.29, 1.82) is 0 Å². The summed E-state index contributed by atoms with van der Waals surface area (Å²) in [6, 6.07) is 2.26. The molecule has 2 aliphatic rings. The van der Waals surface area contributed by atoms with E-state index in [0.29, 0.717) is 12.5 Å². The monoisotopic (exact) mass is 360 g/mol. The van der Waals surface area contributed by atoms with Crippen LogP contribution in [0.2, 0.25) is 0 Å². The fourth-order valence-electron chi connectivity index (χ4n) is 4.11. The van der Waals surface area contributed by atoms with Gasteiger partial charge in [0.05, 0.1) is 0 Å². The second-order valence-corrected chi connectivity index (χ2v) is 8.03. The van der Waals surface area contributed by atoms with Gasteiger partial charge in [-0.2, -0.15) is 0 Å². The van der Waals surface area contributed by atoms with E-state index in [4.69, 9.17) is 0 Å². The van der Waals surface area contributed by atoms with Gasteiger partial charge >= 0.3 is 0 Å². The molecule has 1 N–H and O–H groups in total. The van der Waals surface area contributed by atoms with Crippen molar-refractivity contribution in [2.45, 2.75) is 38.6 Å². The first-order valence-electron chi connectivity index (χ1n) is 9.82. The van der Waals surface area contributed by atoms with Crippen molar-refractivity contribution in [3.63, 3.8) is 0 Å². The van der Waals surface area contributed by atoms with Gasteiger partial charge in [-0.15, -0.1) is 0 Å². The standard InChI is InChI=1S/C20H32N4O2/c1-15-12-19(25)18(14-23(15)3)20(26)21-13-16-4-10-24(11-5-16)17-6-8-22(2)9-7-17/h12,14,16-17H,4-11,13H2,1-3H3,(H,21,26). The van der Waals surface area contributed by atoms with Crippen LogP contribution in [-0.4, -0.2) is 66.1 Å². The highest BCUT2D eigenvalue weighted by Crippen LogP contribution is 2.23. The average molecular weight is 361 g/mol. The summed E-state index contributed by atoms with van der Waals surface area (Å²) in [4.78, 5) is 29.5. The van der Waals surface area contributed by atoms with Gasteiger partial charge in [0.2, 0.25) is 0 Å². The highest BCUT2D eigenvalue weighted by atomic mass is 16.2. The van der Waals surface area contributed by atoms with Crippen LogP contribution in [0.15, 0.2) is 17.1 Å². The number of aromatic nitrogens is 1. The van der Waals surface area contributed by atoms with Crippen LogP contribution >= 0.6 is 0 Å². The lowest BCUT2D eigenvalue weighted by Gasteiger charge is -2.41. The highest BCUT2D eigenvalue weighted by molar-refractivity contribution is 5.93. The Morgan fingerprint density at radius 1 is 1.12 bits per heavy atom. The Morgan fingerprint density at radius 3 is 2.42 bits per heavy atom. The summed E-state index contributed by atoms with van der Waals surface area (Å²) in [5, 5.41) is 2.98. The number of hydrogen-bond acceptors (Lipinski definition) is 4. The molecule has 0 unspecified atom stereocenters. The molecule has 1 aromatic rings. The van der Waals surface area contributed by atoms with E-state index in [2.05, 4.69) is 22.2 Å². The van der Waals surface area contributed by atoms with E-state index in [-0.39, 0.29) is 16.9 Å². The molecular weight excluding hydrogens is 328 g/mol. The lowest BCUT2D eigenvalue weighted by Crippen LogP contribution is -2.48. The maximum atomic E-state index is 12.4. The van der Waals surface area contributed by atoms with Crippen molar-refractivity contribution < 1.29 is 4.79 Å². The van der Waals surface area contributed by atoms with Gasteiger partial charge in [-0.3, -0.25) is 9.59 Å². The van der Waals surface area contributed by atoms with Gasteiger partial charge in [-0.1, -0.05) is 0 Å². The predicted molar refractivity (Wildman–Crippen MR) is 104 cm³/mol. The van der Waals surface area contributed by atoms with Crippen LogP contribution in [0, 0.1) is 12.8 Å². The minimum Gasteiger partial charge on any atom is -0.354 e. The van der Waals surface area contributed by atoms with Gasteiger partial charge in [0.25, 0.3) is 5.91 Å². The summed E-state index contributed by atoms with van der Waals surface area (Å²) in [5.74, 6) is 0.263. The number of aryl methyl sites for hydroxylation is 2. The molecule has 0 aromatic carbocycles. The third-order valence-corrected chi connectivity index (χ3v) is 6.13. The zero-order valence-corrected chi connectivity index (χ0v) is 16.3. The number of rotatable bonds is 4. The van der Waals surface area contributed by atoms with Gasteiger partial charge in [0.15, 0.2) is 5.43 Å². The van der Waals surface area contributed by atoms with Gasteiger partial charge < -0.3 is 19.7 Å². The first kappa shape index (κ1) is 19.1. The molecule has 26 heavy (non-hydrogen) atoms. The lowest BCUT2D eigenvalue weighted by molar-refractivity contribution is 0.0813. The Hall–Kier alpha value is -1.66. The Labute approximate surface area is 156 Å². The third-order valence-electron chi connectivity index (χ3n) is 6.13. The Bertz CT molecular complexity index is 684. The van der Waals surface area contributed by atoms with Crippen molar-refractivity contribution in [1.82, 2.24) is 19.7 Å². The third kappa shape index (κ3) is 4.54. The maximum absolute atomic E-state index is 12.4. The number of pyridine rings is 1. The second kappa shape index (κ2) is 8.35. The lowest BCUT2D eigenvalue weighted by atomic mass is 9.93. The van der Waals surface area contributed by atoms with E-state index in [9.17, 15) is 9.59 Å². The normalized spacial score (nSPS) is 21.0. The molecule has 0 atom stereocenters. The maximum Gasteiger partial charge on any atom is 0.256 e. The van der Waals surface area contributed by atoms with Crippen LogP contribution in [0.1, 0.15) is 41.7 Å². The molecule has 2 saturated heterocycles. The summed E-state index contributed by atoms with van der Waals surface area (Å²) in [6.07, 6.45) is 6.43. The Morgan fingerprint density at radius 2 is 1.77 bits per heavy atom. The predicted octanol–water partition coefficient (Wildman–Crippen LogP) is 1.23. The van der Waals surface area contributed by atoms with E-state index < -0.39 is 0 Å². The molecule has 0 spiro atoms. The zero-order valence-electron chi connectivity index (χ0n) is 16.3. The van der Waals surface area contributed by atoms with Crippen LogP contribution in [-0.2, 0) is 7.05 Å². The first-order valence-corrected chi connectivity index (χ1v) is 9.82. The molecule has 6 nitrogen and oxygen atoms in total. The quantitative estimate of drug-likeness (QED) is 0.877. The van der Waals surface area contributed by atoms with Crippen molar-refractivity contribution in [2.24, 2.45) is 13.0 Å². The number of nitrogens with one attached hydrogen (secondary N) is 1. The number of amides is 1. The van der Waals surface area contributed by atoms with Crippen molar-refractivity contribution in [3.05, 3.63) is 33.7 Å². The number of carbonyl (C=O) groups excluding carboxylic acids is 1. The van der Waals surface area contributed by atoms with Crippen LogP contribution in [0.5, 0.6) is 0 Å².